The van der Waals surface area contributed by atoms with Gasteiger partial charge < -0.3 is 10.2 Å². The summed E-state index contributed by atoms with van der Waals surface area (Å²) >= 11 is 6.41. The number of likely N-dealkylation sites (tertiary alicyclic amines) is 1. The number of fused-ring (bicyclic) bond motifs is 4. The van der Waals surface area contributed by atoms with Crippen molar-refractivity contribution < 1.29 is 29.4 Å². The van der Waals surface area contributed by atoms with Crippen molar-refractivity contribution in [1.29, 1.82) is 0 Å². The van der Waals surface area contributed by atoms with Crippen molar-refractivity contribution in [3.05, 3.63) is 135 Å². The molecule has 8 nitrogen and oxygen atoms in total. The van der Waals surface area contributed by atoms with Crippen molar-refractivity contribution in [2.75, 3.05) is 11.4 Å². The molecule has 0 radical (unpaired) electrons. The van der Waals surface area contributed by atoms with E-state index in [1.807, 2.05) is 62.4 Å². The number of rotatable bonds is 6. The molecular weight excluding hydrogens is 664 g/mol. The van der Waals surface area contributed by atoms with Crippen LogP contribution in [0.3, 0.4) is 0 Å². The summed E-state index contributed by atoms with van der Waals surface area (Å²) in [6.45, 7) is 3.83. The van der Waals surface area contributed by atoms with E-state index in [0.29, 0.717) is 40.2 Å². The van der Waals surface area contributed by atoms with Crippen LogP contribution in [0.1, 0.15) is 46.6 Å². The molecule has 2 aliphatic heterocycles. The van der Waals surface area contributed by atoms with E-state index in [9.17, 15) is 24.6 Å². The fraction of sp³-hybridized carbons (Fsp3) is 0.286. The highest BCUT2D eigenvalue weighted by molar-refractivity contribution is 6.32. The average Bonchev–Trinajstić information content (AvgIpc) is 3.50. The van der Waals surface area contributed by atoms with Gasteiger partial charge in [0, 0.05) is 17.5 Å². The van der Waals surface area contributed by atoms with E-state index in [1.165, 1.54) is 9.80 Å². The summed E-state index contributed by atoms with van der Waals surface area (Å²) in [5.41, 5.74) is 3.49. The number of imide groups is 2. The number of carbonyl (C=O) groups is 4. The largest absolute Gasteiger partial charge is 0.508 e. The molecule has 51 heavy (non-hydrogen) atoms. The minimum Gasteiger partial charge on any atom is -0.508 e. The first kappa shape index (κ1) is 33.0. The lowest BCUT2D eigenvalue weighted by atomic mass is 9.49. The third kappa shape index (κ3) is 4.94. The van der Waals surface area contributed by atoms with Crippen LogP contribution in [0.4, 0.5) is 5.69 Å². The molecule has 2 N–H and O–H groups in total. The molecule has 4 aliphatic rings. The molecule has 0 aromatic heterocycles. The topological polar surface area (TPSA) is 115 Å². The van der Waals surface area contributed by atoms with E-state index in [1.54, 1.807) is 48.5 Å². The van der Waals surface area contributed by atoms with Gasteiger partial charge in [0.1, 0.15) is 11.5 Å². The molecule has 3 fully saturated rings. The normalized spacial score (nSPS) is 27.0. The summed E-state index contributed by atoms with van der Waals surface area (Å²) in [7, 11) is 0. The number of phenols is 2. The van der Waals surface area contributed by atoms with E-state index in [-0.39, 0.29) is 48.1 Å². The Morgan fingerprint density at radius 2 is 1.51 bits per heavy atom. The van der Waals surface area contributed by atoms with Crippen molar-refractivity contribution in [3.63, 3.8) is 0 Å². The Bertz CT molecular complexity index is 2120. The quantitative estimate of drug-likeness (QED) is 0.170. The Balaban J connectivity index is 1.29. The molecule has 1 saturated carbocycles. The van der Waals surface area contributed by atoms with Gasteiger partial charge in [-0.1, -0.05) is 83.9 Å². The molecule has 9 heteroatoms. The fourth-order valence-corrected chi connectivity index (χ4v) is 9.65. The van der Waals surface area contributed by atoms with E-state index >= 15 is 4.79 Å². The van der Waals surface area contributed by atoms with Crippen LogP contribution in [0.15, 0.2) is 103 Å². The van der Waals surface area contributed by atoms with Crippen molar-refractivity contribution >= 4 is 40.9 Å². The summed E-state index contributed by atoms with van der Waals surface area (Å²) in [6, 6.07) is 26.6. The Morgan fingerprint density at radius 3 is 2.20 bits per heavy atom. The summed E-state index contributed by atoms with van der Waals surface area (Å²) in [4.78, 5) is 61.2. The molecule has 6 unspecified atom stereocenters. The first-order chi connectivity index (χ1) is 24.5. The molecule has 4 amide bonds. The van der Waals surface area contributed by atoms with E-state index < -0.39 is 35.0 Å². The Hall–Kier alpha value is -5.21. The lowest BCUT2D eigenvalue weighted by Crippen LogP contribution is -2.53. The zero-order valence-electron chi connectivity index (χ0n) is 28.3. The number of benzene rings is 4. The molecule has 2 saturated heterocycles. The number of hydrogen-bond donors (Lipinski definition) is 2. The van der Waals surface area contributed by atoms with Crippen LogP contribution in [0.25, 0.3) is 0 Å². The molecule has 8 rings (SSSR count). The second-order valence-electron chi connectivity index (χ2n) is 14.3. The van der Waals surface area contributed by atoms with Crippen molar-refractivity contribution in [2.45, 2.75) is 44.4 Å². The molecule has 2 aliphatic carbocycles. The van der Waals surface area contributed by atoms with Gasteiger partial charge in [0.05, 0.1) is 28.9 Å². The molecule has 0 bridgehead atoms. The number of carbonyl (C=O) groups excluding carboxylic acids is 4. The van der Waals surface area contributed by atoms with E-state index in [4.69, 9.17) is 11.6 Å². The van der Waals surface area contributed by atoms with Crippen LogP contribution in [0, 0.1) is 37.5 Å². The Kier molecular flexibility index (Phi) is 7.91. The minimum absolute atomic E-state index is 0.142. The van der Waals surface area contributed by atoms with Gasteiger partial charge in [-0.2, -0.15) is 0 Å². The summed E-state index contributed by atoms with van der Waals surface area (Å²) in [5, 5.41) is 20.9. The van der Waals surface area contributed by atoms with E-state index in [2.05, 4.69) is 0 Å². The molecule has 4 aromatic carbocycles. The van der Waals surface area contributed by atoms with Crippen molar-refractivity contribution in [1.82, 2.24) is 4.90 Å². The van der Waals surface area contributed by atoms with Crippen LogP contribution in [0.2, 0.25) is 5.02 Å². The molecule has 0 spiro atoms. The van der Waals surface area contributed by atoms with Gasteiger partial charge in [-0.15, -0.1) is 0 Å². The average molecular weight is 701 g/mol. The van der Waals surface area contributed by atoms with Crippen LogP contribution in [-0.2, 0) is 31.0 Å². The number of halogens is 1. The smallest absolute Gasteiger partial charge is 0.246 e. The lowest BCUT2D eigenvalue weighted by Gasteiger charge is -2.51. The lowest BCUT2D eigenvalue weighted by molar-refractivity contribution is -0.140. The zero-order chi connectivity index (χ0) is 35.8. The van der Waals surface area contributed by atoms with Gasteiger partial charge in [-0.25, -0.2) is 4.90 Å². The molecule has 6 atom stereocenters. The minimum atomic E-state index is -1.38. The van der Waals surface area contributed by atoms with Crippen LogP contribution in [0.5, 0.6) is 11.5 Å². The number of amides is 4. The predicted molar refractivity (Wildman–Crippen MR) is 192 cm³/mol. The van der Waals surface area contributed by atoms with Gasteiger partial charge >= 0.3 is 0 Å². The van der Waals surface area contributed by atoms with Gasteiger partial charge in [-0.3, -0.25) is 24.1 Å². The first-order valence-corrected chi connectivity index (χ1v) is 17.7. The SMILES string of the molecule is Cc1cc(C2C3=CCC4C(=O)N(CCc5ccc(O)cc5)C(=O)C4C3CC3C(=O)N(c4cccc(Cl)c4)C(=O)C32c2ccccc2)cc(C)c1O. The highest BCUT2D eigenvalue weighted by Gasteiger charge is 2.70. The molecular formula is C42H37ClN2O6. The number of nitrogens with zero attached hydrogens (tertiary/aromatic N) is 2. The van der Waals surface area contributed by atoms with Crippen molar-refractivity contribution in [2.24, 2.45) is 23.7 Å². The summed E-state index contributed by atoms with van der Waals surface area (Å²) in [5.74, 6) is -4.18. The monoisotopic (exact) mass is 700 g/mol. The number of anilines is 1. The van der Waals surface area contributed by atoms with Gasteiger partial charge in [-0.05, 0) is 97.2 Å². The third-order valence-electron chi connectivity index (χ3n) is 11.7. The second-order valence-corrected chi connectivity index (χ2v) is 14.8. The number of allylic oxidation sites excluding steroid dienone is 2. The standard InChI is InChI=1S/C42H37ClN2O6/c1-23-19-26(20-24(2)37(23)47)36-31-15-16-32-35(40(50)44(38(32)48)18-17-25-11-13-30(46)14-12-25)33(31)22-34-39(49)45(29-10-6-9-28(43)21-29)41(51)42(34,36)27-7-4-3-5-8-27/h3-15,19-21,32-36,46-47H,16-18,22H2,1-2H3. The van der Waals surface area contributed by atoms with Gasteiger partial charge in [0.25, 0.3) is 0 Å². The van der Waals surface area contributed by atoms with Gasteiger partial charge in [0.2, 0.25) is 23.6 Å². The van der Waals surface area contributed by atoms with Crippen LogP contribution in [-0.4, -0.2) is 45.3 Å². The maximum absolute atomic E-state index is 15.4. The number of phenolic OH excluding ortho intramolecular Hbond substituents is 2. The van der Waals surface area contributed by atoms with Crippen LogP contribution >= 0.6 is 11.6 Å². The number of aryl methyl sites for hydroxylation is 2. The predicted octanol–water partition coefficient (Wildman–Crippen LogP) is 6.77. The third-order valence-corrected chi connectivity index (χ3v) is 11.9. The number of aromatic hydroxyl groups is 2. The molecule has 258 valence electrons. The second kappa shape index (κ2) is 12.2. The molecule has 4 aromatic rings. The first-order valence-electron chi connectivity index (χ1n) is 17.3. The highest BCUT2D eigenvalue weighted by atomic mass is 35.5. The Labute approximate surface area is 301 Å². The summed E-state index contributed by atoms with van der Waals surface area (Å²) in [6.07, 6.45) is 3.03. The zero-order valence-corrected chi connectivity index (χ0v) is 29.0. The maximum atomic E-state index is 15.4. The Morgan fingerprint density at radius 1 is 0.804 bits per heavy atom. The number of hydrogen-bond acceptors (Lipinski definition) is 6. The highest BCUT2D eigenvalue weighted by Crippen LogP contribution is 2.64. The van der Waals surface area contributed by atoms with E-state index in [0.717, 1.165) is 16.7 Å². The maximum Gasteiger partial charge on any atom is 0.246 e. The van der Waals surface area contributed by atoms with Gasteiger partial charge in [0.15, 0.2) is 0 Å². The van der Waals surface area contributed by atoms with Crippen LogP contribution < -0.4 is 4.90 Å². The fourth-order valence-electron chi connectivity index (χ4n) is 9.46. The van der Waals surface area contributed by atoms with Crippen molar-refractivity contribution in [3.8, 4) is 11.5 Å². The molecule has 2 heterocycles. The summed E-state index contributed by atoms with van der Waals surface area (Å²) < 4.78 is 0.